The number of rotatable bonds is 4. The summed E-state index contributed by atoms with van der Waals surface area (Å²) in [7, 11) is 0. The lowest BCUT2D eigenvalue weighted by molar-refractivity contribution is -0.991. The van der Waals surface area contributed by atoms with Gasteiger partial charge in [-0.15, -0.1) is 0 Å². The van der Waals surface area contributed by atoms with Crippen LogP contribution in [0.5, 0.6) is 0 Å². The quantitative estimate of drug-likeness (QED) is 0.387. The Kier molecular flexibility index (Phi) is 4.80. The number of benzene rings is 3. The van der Waals surface area contributed by atoms with E-state index in [0.29, 0.717) is 10.9 Å². The van der Waals surface area contributed by atoms with Gasteiger partial charge in [0.1, 0.15) is 5.82 Å². The number of nitrogens with one attached hydrogen (secondary N) is 1. The molecule has 0 aliphatic carbocycles. The van der Waals surface area contributed by atoms with E-state index < -0.39 is 16.8 Å². The summed E-state index contributed by atoms with van der Waals surface area (Å²) in [5, 5.41) is 29.7. The first-order valence-electron chi connectivity index (χ1n) is 8.99. The molecule has 0 radical (unpaired) electrons. The largest absolute Gasteiger partial charge is 0.595 e. The number of nitrogens with zero attached hydrogens (tertiary/aromatic N) is 1. The molecular weight excluding hydrogens is 386 g/mol. The molecule has 8 heteroatoms. The normalized spacial score (nSPS) is 12.1. The molecule has 0 saturated carbocycles. The topological polar surface area (TPSA) is 133 Å². The Morgan fingerprint density at radius 1 is 0.967 bits per heavy atom. The Balaban J connectivity index is 2.14. The van der Waals surface area contributed by atoms with Crippen molar-refractivity contribution in [2.45, 2.75) is 0 Å². The molecule has 4 rings (SSSR count). The Labute approximate surface area is 170 Å². The number of carboxylic acids is 1. The van der Waals surface area contributed by atoms with E-state index in [-0.39, 0.29) is 28.1 Å². The van der Waals surface area contributed by atoms with Crippen LogP contribution >= 0.6 is 0 Å². The molecule has 1 heterocycles. The van der Waals surface area contributed by atoms with Crippen LogP contribution in [-0.4, -0.2) is 20.9 Å². The van der Waals surface area contributed by atoms with Gasteiger partial charge >= 0.3 is 5.97 Å². The molecule has 30 heavy (non-hydrogen) atoms. The van der Waals surface area contributed by atoms with Gasteiger partial charge < -0.3 is 16.0 Å². The molecule has 1 aromatic heterocycles. The minimum Gasteiger partial charge on any atom is -0.595 e. The van der Waals surface area contributed by atoms with Crippen LogP contribution in [0, 0.1) is 5.21 Å². The van der Waals surface area contributed by atoms with E-state index in [1.807, 2.05) is 30.3 Å². The molecule has 4 aromatic rings. The van der Waals surface area contributed by atoms with Crippen LogP contribution in [0.2, 0.25) is 0 Å². The average molecular weight is 403 g/mol. The lowest BCUT2D eigenvalue weighted by Crippen LogP contribution is -2.99. The highest BCUT2D eigenvalue weighted by atomic mass is 16.8. The number of aromatic carboxylic acids is 1. The predicted octanol–water partition coefficient (Wildman–Crippen LogP) is 2.34. The fourth-order valence-corrected chi connectivity index (χ4v) is 3.49. The Hall–Kier alpha value is -3.98. The molecule has 0 aliphatic heterocycles. The van der Waals surface area contributed by atoms with Gasteiger partial charge in [-0.05, 0) is 35.2 Å². The second-order valence-electron chi connectivity index (χ2n) is 6.69. The summed E-state index contributed by atoms with van der Waals surface area (Å²) in [5.74, 6) is -1.01. The second kappa shape index (κ2) is 7.45. The average Bonchev–Trinajstić information content (AvgIpc) is 2.74. The van der Waals surface area contributed by atoms with Crippen molar-refractivity contribution >= 4 is 28.2 Å². The maximum Gasteiger partial charge on any atom is 0.335 e. The molecule has 0 amide bonds. The van der Waals surface area contributed by atoms with Crippen molar-refractivity contribution in [1.82, 2.24) is 4.57 Å². The van der Waals surface area contributed by atoms with Gasteiger partial charge in [-0.3, -0.25) is 9.36 Å². The third-order valence-corrected chi connectivity index (χ3v) is 4.88. The second-order valence-corrected chi connectivity index (χ2v) is 6.69. The summed E-state index contributed by atoms with van der Waals surface area (Å²) in [6.45, 7) is 0. The number of nitrogens with two attached hydrogens (primary N) is 1. The van der Waals surface area contributed by atoms with Crippen LogP contribution in [0.25, 0.3) is 27.6 Å². The zero-order valence-electron chi connectivity index (χ0n) is 15.6. The van der Waals surface area contributed by atoms with E-state index in [1.165, 1.54) is 34.9 Å². The Morgan fingerprint density at radius 3 is 2.37 bits per heavy atom. The monoisotopic (exact) mass is 403 g/mol. The molecule has 0 saturated heterocycles. The van der Waals surface area contributed by atoms with Crippen molar-refractivity contribution in [3.8, 4) is 16.8 Å². The van der Waals surface area contributed by atoms with E-state index in [9.17, 15) is 25.1 Å². The third-order valence-electron chi connectivity index (χ3n) is 4.88. The molecule has 8 nitrogen and oxygen atoms in total. The minimum atomic E-state index is -1.16. The number of anilines is 1. The Morgan fingerprint density at radius 2 is 1.70 bits per heavy atom. The van der Waals surface area contributed by atoms with Crippen molar-refractivity contribution in [3.63, 3.8) is 0 Å². The maximum atomic E-state index is 13.3. The van der Waals surface area contributed by atoms with Crippen molar-refractivity contribution < 1.29 is 20.3 Å². The molecule has 0 aliphatic rings. The first-order chi connectivity index (χ1) is 14.4. The van der Waals surface area contributed by atoms with Crippen molar-refractivity contribution in [2.24, 2.45) is 0 Å². The number of carbonyl (C=O) groups is 1. The summed E-state index contributed by atoms with van der Waals surface area (Å²) in [6, 6.07) is 19.3. The zero-order chi connectivity index (χ0) is 21.4. The van der Waals surface area contributed by atoms with Crippen molar-refractivity contribution in [2.75, 3.05) is 5.73 Å². The molecule has 5 N–H and O–H groups in total. The number of hydrogen-bond acceptors (Lipinski definition) is 5. The van der Waals surface area contributed by atoms with Crippen LogP contribution in [0.15, 0.2) is 77.6 Å². The summed E-state index contributed by atoms with van der Waals surface area (Å²) in [4.78, 5) is 24.7. The first-order valence-corrected chi connectivity index (χ1v) is 8.99. The number of hydrogen-bond donors (Lipinski definition) is 4. The van der Waals surface area contributed by atoms with Crippen LogP contribution in [0.3, 0.4) is 0 Å². The van der Waals surface area contributed by atoms with Gasteiger partial charge in [-0.25, -0.2) is 10.0 Å². The molecule has 1 atom stereocenters. The summed E-state index contributed by atoms with van der Waals surface area (Å²) < 4.78 is 1.21. The van der Waals surface area contributed by atoms with E-state index in [4.69, 9.17) is 5.73 Å². The SMILES string of the molecule is Nc1c(-c2ccccc2)c2ccc([NH+]([O-])O)cc2c(=O)n1-c1cccc(C(=O)O)c1. The van der Waals surface area contributed by atoms with Crippen LogP contribution in [-0.2, 0) is 0 Å². The Bertz CT molecular complexity index is 1330. The summed E-state index contributed by atoms with van der Waals surface area (Å²) in [5.41, 5.74) is 7.44. The molecule has 0 bridgehead atoms. The number of quaternary nitrogens is 1. The van der Waals surface area contributed by atoms with Gasteiger partial charge in [0.2, 0.25) is 0 Å². The minimum absolute atomic E-state index is 0.000514. The zero-order valence-corrected chi connectivity index (χ0v) is 15.6. The highest BCUT2D eigenvalue weighted by molar-refractivity contribution is 6.02. The summed E-state index contributed by atoms with van der Waals surface area (Å²) in [6.07, 6.45) is 0. The van der Waals surface area contributed by atoms with E-state index in [1.54, 1.807) is 12.1 Å². The summed E-state index contributed by atoms with van der Waals surface area (Å²) >= 11 is 0. The molecule has 150 valence electrons. The van der Waals surface area contributed by atoms with Gasteiger partial charge in [0, 0.05) is 17.7 Å². The van der Waals surface area contributed by atoms with Gasteiger partial charge in [0.05, 0.1) is 16.6 Å². The number of aromatic nitrogens is 1. The van der Waals surface area contributed by atoms with Gasteiger partial charge in [0.15, 0.2) is 5.69 Å². The van der Waals surface area contributed by atoms with E-state index in [2.05, 4.69) is 0 Å². The van der Waals surface area contributed by atoms with E-state index >= 15 is 0 Å². The van der Waals surface area contributed by atoms with Crippen molar-refractivity contribution in [3.05, 3.63) is 93.9 Å². The van der Waals surface area contributed by atoms with Gasteiger partial charge in [0.25, 0.3) is 5.56 Å². The van der Waals surface area contributed by atoms with Crippen LogP contribution in [0.1, 0.15) is 10.4 Å². The lowest BCUT2D eigenvalue weighted by atomic mass is 9.98. The first kappa shape index (κ1) is 19.3. The highest BCUT2D eigenvalue weighted by Crippen LogP contribution is 2.34. The van der Waals surface area contributed by atoms with Crippen LogP contribution < -0.4 is 16.5 Å². The van der Waals surface area contributed by atoms with E-state index in [0.717, 1.165) is 5.56 Å². The molecular formula is C22H17N3O5. The fourth-order valence-electron chi connectivity index (χ4n) is 3.49. The maximum absolute atomic E-state index is 13.3. The lowest BCUT2D eigenvalue weighted by Gasteiger charge is -2.19. The predicted molar refractivity (Wildman–Crippen MR) is 112 cm³/mol. The number of fused-ring (bicyclic) bond motifs is 1. The molecule has 1 unspecified atom stereocenters. The molecule has 0 spiro atoms. The number of carboxylic acid groups (broad SMARTS) is 1. The van der Waals surface area contributed by atoms with Crippen molar-refractivity contribution in [1.29, 1.82) is 0 Å². The van der Waals surface area contributed by atoms with Gasteiger partial charge in [-0.1, -0.05) is 36.4 Å². The fraction of sp³-hybridized carbons (Fsp3) is 0. The van der Waals surface area contributed by atoms with Gasteiger partial charge in [-0.2, -0.15) is 5.23 Å². The molecule has 3 aromatic carbocycles. The highest BCUT2D eigenvalue weighted by Gasteiger charge is 2.19. The van der Waals surface area contributed by atoms with Crippen LogP contribution in [0.4, 0.5) is 11.5 Å². The standard InChI is InChI=1S/C22H17N3O5/c23-20-19(13-5-2-1-3-6-13)17-10-9-16(25(29)30)12-18(17)21(26)24(20)15-8-4-7-14(11-15)22(27)28/h1-12,25,29H,23H2,(H,27,28). The smallest absolute Gasteiger partial charge is 0.335 e. The number of pyridine rings is 1. The third kappa shape index (κ3) is 3.20. The number of nitrogen functional groups attached to an aromatic ring is 1. The molecule has 0 fully saturated rings.